The molecule has 1 atom stereocenters. The summed E-state index contributed by atoms with van der Waals surface area (Å²) in [6.45, 7) is 7.88. The van der Waals surface area contributed by atoms with Crippen molar-refractivity contribution in [3.05, 3.63) is 106 Å². The highest BCUT2D eigenvalue weighted by Crippen LogP contribution is 2.40. The molecule has 1 unspecified atom stereocenters. The number of carbonyl (C=O) groups is 1. The van der Waals surface area contributed by atoms with E-state index < -0.39 is 11.9 Å². The van der Waals surface area contributed by atoms with E-state index >= 15 is 0 Å². The summed E-state index contributed by atoms with van der Waals surface area (Å²) in [6.07, 6.45) is 4.76. The Kier molecular flexibility index (Phi) is 5.01. The van der Waals surface area contributed by atoms with Gasteiger partial charge in [0.15, 0.2) is 5.43 Å². The van der Waals surface area contributed by atoms with E-state index in [0.717, 1.165) is 11.1 Å². The van der Waals surface area contributed by atoms with Gasteiger partial charge in [-0.1, -0.05) is 24.8 Å². The van der Waals surface area contributed by atoms with Gasteiger partial charge < -0.3 is 9.15 Å². The molecular weight excluding hydrogens is 418 g/mol. The summed E-state index contributed by atoms with van der Waals surface area (Å²) < 4.78 is 11.7. The smallest absolute Gasteiger partial charge is 0.297 e. The van der Waals surface area contributed by atoms with Gasteiger partial charge in [-0.3, -0.25) is 14.5 Å². The first-order valence-electron chi connectivity index (χ1n) is 10.5. The number of carbonyl (C=O) groups excluding carboxylic acids is 1. The van der Waals surface area contributed by atoms with Gasteiger partial charge in [0.25, 0.3) is 5.91 Å². The topological polar surface area (TPSA) is 85.5 Å². The zero-order valence-corrected chi connectivity index (χ0v) is 18.2. The number of amides is 1. The number of fused-ring (bicyclic) bond motifs is 2. The van der Waals surface area contributed by atoms with Crippen LogP contribution >= 0.6 is 0 Å². The van der Waals surface area contributed by atoms with Crippen LogP contribution in [-0.4, -0.2) is 22.5 Å². The fourth-order valence-electron chi connectivity index (χ4n) is 4.09. The number of hydrogen-bond donors (Lipinski definition) is 0. The maximum Gasteiger partial charge on any atom is 0.297 e. The van der Waals surface area contributed by atoms with Crippen molar-refractivity contribution in [1.29, 1.82) is 0 Å². The molecule has 0 bridgehead atoms. The molecule has 33 heavy (non-hydrogen) atoms. The highest BCUT2D eigenvalue weighted by Gasteiger charge is 2.45. The summed E-state index contributed by atoms with van der Waals surface area (Å²) in [5, 5.41) is 0.435. The summed E-state index contributed by atoms with van der Waals surface area (Å²) in [4.78, 5) is 37.2. The van der Waals surface area contributed by atoms with Crippen molar-refractivity contribution in [2.45, 2.75) is 19.9 Å². The zero-order valence-electron chi connectivity index (χ0n) is 18.2. The summed E-state index contributed by atoms with van der Waals surface area (Å²) in [7, 11) is 0. The highest BCUT2D eigenvalue weighted by atomic mass is 16.5. The quantitative estimate of drug-likeness (QED) is 0.425. The average Bonchev–Trinajstić information content (AvgIpc) is 3.12. The van der Waals surface area contributed by atoms with Crippen LogP contribution in [0.1, 0.15) is 38.9 Å². The fourth-order valence-corrected chi connectivity index (χ4v) is 4.09. The number of aromatic nitrogens is 2. The third-order valence-electron chi connectivity index (χ3n) is 5.80. The van der Waals surface area contributed by atoms with Crippen LogP contribution in [0.2, 0.25) is 0 Å². The third kappa shape index (κ3) is 3.38. The van der Waals surface area contributed by atoms with Gasteiger partial charge in [-0.05, 0) is 60.9 Å². The summed E-state index contributed by atoms with van der Waals surface area (Å²) in [5.41, 5.74) is 3.04. The Bertz CT molecular complexity index is 1460. The largest absolute Gasteiger partial charge is 0.490 e. The SMILES string of the molecule is C=CCOc1cccc(C2c3c(oc4cc(C)c(C)cc4c3=O)C(=O)N2c2ncccn2)c1. The normalized spacial score (nSPS) is 15.0. The third-order valence-corrected chi connectivity index (χ3v) is 5.80. The molecule has 3 heterocycles. The van der Waals surface area contributed by atoms with Crippen LogP contribution in [0.15, 0.2) is 76.7 Å². The fraction of sp³-hybridized carbons (Fsp3) is 0.154. The van der Waals surface area contributed by atoms with Gasteiger partial charge in [0, 0.05) is 12.4 Å². The molecule has 7 heteroatoms. The molecule has 0 aliphatic carbocycles. The summed E-state index contributed by atoms with van der Waals surface area (Å²) in [5.74, 6) is 0.326. The van der Waals surface area contributed by atoms with Gasteiger partial charge in [-0.2, -0.15) is 0 Å². The standard InChI is InChI=1S/C26H21N3O4/c1-4-11-32-18-8-5-7-17(14-18)22-21-23(30)19-12-15(2)16(3)13-20(19)33-24(21)25(31)29(22)26-27-9-6-10-28-26/h4-10,12-14,22H,1,11H2,2-3H3. The molecule has 0 fully saturated rings. The molecule has 0 saturated carbocycles. The number of nitrogens with zero attached hydrogens (tertiary/aromatic N) is 3. The minimum Gasteiger partial charge on any atom is -0.490 e. The Morgan fingerprint density at radius 1 is 1.09 bits per heavy atom. The van der Waals surface area contributed by atoms with E-state index in [-0.39, 0.29) is 22.7 Å². The van der Waals surface area contributed by atoms with Crippen molar-refractivity contribution in [1.82, 2.24) is 9.97 Å². The number of ether oxygens (including phenoxy) is 1. The lowest BCUT2D eigenvalue weighted by Gasteiger charge is -2.23. The van der Waals surface area contributed by atoms with Crippen LogP contribution in [0.5, 0.6) is 5.75 Å². The van der Waals surface area contributed by atoms with Crippen LogP contribution in [-0.2, 0) is 0 Å². The first kappa shape index (κ1) is 20.6. The van der Waals surface area contributed by atoms with Crippen molar-refractivity contribution >= 4 is 22.8 Å². The minimum absolute atomic E-state index is 0.00520. The second-order valence-corrected chi connectivity index (χ2v) is 7.91. The van der Waals surface area contributed by atoms with Gasteiger partial charge >= 0.3 is 0 Å². The number of rotatable bonds is 5. The Balaban J connectivity index is 1.78. The van der Waals surface area contributed by atoms with E-state index in [1.807, 2.05) is 38.1 Å². The zero-order chi connectivity index (χ0) is 23.1. The number of aryl methyl sites for hydroxylation is 2. The summed E-state index contributed by atoms with van der Waals surface area (Å²) >= 11 is 0. The average molecular weight is 439 g/mol. The maximum absolute atomic E-state index is 13.7. The monoisotopic (exact) mass is 439 g/mol. The van der Waals surface area contributed by atoms with Crippen LogP contribution in [0.4, 0.5) is 5.95 Å². The lowest BCUT2D eigenvalue weighted by Crippen LogP contribution is -2.31. The minimum atomic E-state index is -0.760. The van der Waals surface area contributed by atoms with Gasteiger partial charge in [0.1, 0.15) is 17.9 Å². The molecule has 1 aliphatic heterocycles. The highest BCUT2D eigenvalue weighted by molar-refractivity contribution is 6.09. The molecule has 164 valence electrons. The lowest BCUT2D eigenvalue weighted by atomic mass is 9.97. The molecule has 5 rings (SSSR count). The van der Waals surface area contributed by atoms with Crippen LogP contribution < -0.4 is 15.1 Å². The summed E-state index contributed by atoms with van der Waals surface area (Å²) in [6, 6.07) is 11.8. The second kappa shape index (κ2) is 8.02. The van der Waals surface area contributed by atoms with Gasteiger partial charge in [-0.25, -0.2) is 9.97 Å². The Hall–Kier alpha value is -4.26. The van der Waals surface area contributed by atoms with Gasteiger partial charge in [0.2, 0.25) is 11.7 Å². The van der Waals surface area contributed by atoms with E-state index in [9.17, 15) is 9.59 Å². The molecule has 1 aliphatic rings. The molecule has 0 saturated heterocycles. The lowest BCUT2D eigenvalue weighted by molar-refractivity contribution is 0.0969. The molecule has 4 aromatic rings. The van der Waals surface area contributed by atoms with Crippen molar-refractivity contribution in [3.63, 3.8) is 0 Å². The number of benzene rings is 2. The van der Waals surface area contributed by atoms with Crippen molar-refractivity contribution in [3.8, 4) is 5.75 Å². The van der Waals surface area contributed by atoms with Crippen molar-refractivity contribution in [2.75, 3.05) is 11.5 Å². The maximum atomic E-state index is 13.7. The van der Waals surface area contributed by atoms with Crippen molar-refractivity contribution in [2.24, 2.45) is 0 Å². The number of hydrogen-bond acceptors (Lipinski definition) is 6. The number of anilines is 1. The van der Waals surface area contributed by atoms with E-state index in [2.05, 4.69) is 16.5 Å². The van der Waals surface area contributed by atoms with E-state index in [4.69, 9.17) is 9.15 Å². The Morgan fingerprint density at radius 2 is 1.85 bits per heavy atom. The van der Waals surface area contributed by atoms with Crippen LogP contribution in [0.25, 0.3) is 11.0 Å². The van der Waals surface area contributed by atoms with Crippen molar-refractivity contribution < 1.29 is 13.9 Å². The molecule has 0 N–H and O–H groups in total. The van der Waals surface area contributed by atoms with Crippen LogP contribution in [0, 0.1) is 13.8 Å². The first-order valence-corrected chi connectivity index (χ1v) is 10.5. The predicted molar refractivity (Wildman–Crippen MR) is 125 cm³/mol. The molecule has 2 aromatic heterocycles. The van der Waals surface area contributed by atoms with E-state index in [1.54, 1.807) is 36.7 Å². The van der Waals surface area contributed by atoms with Gasteiger partial charge in [0.05, 0.1) is 17.0 Å². The molecule has 2 aromatic carbocycles. The first-order chi connectivity index (χ1) is 16.0. The second-order valence-electron chi connectivity index (χ2n) is 7.91. The molecule has 7 nitrogen and oxygen atoms in total. The van der Waals surface area contributed by atoms with E-state index in [1.165, 1.54) is 4.90 Å². The molecule has 0 spiro atoms. The molecule has 0 radical (unpaired) electrons. The molecule has 1 amide bonds. The van der Waals surface area contributed by atoms with Crippen LogP contribution in [0.3, 0.4) is 0 Å². The van der Waals surface area contributed by atoms with Gasteiger partial charge in [-0.15, -0.1) is 0 Å². The Labute approximate surface area is 190 Å². The Morgan fingerprint density at radius 3 is 2.61 bits per heavy atom. The predicted octanol–water partition coefficient (Wildman–Crippen LogP) is 4.51. The van der Waals surface area contributed by atoms with E-state index in [0.29, 0.717) is 28.9 Å². The molecular formula is C26H21N3O4.